The molecule has 20 heavy (non-hydrogen) atoms. The molecule has 4 heteroatoms. The number of ether oxygens (including phenoxy) is 1. The predicted octanol–water partition coefficient (Wildman–Crippen LogP) is 4.37. The van der Waals surface area contributed by atoms with Crippen LogP contribution in [0, 0.1) is 0 Å². The lowest BCUT2D eigenvalue weighted by molar-refractivity contribution is 0.415. The van der Waals surface area contributed by atoms with Gasteiger partial charge in [0, 0.05) is 16.3 Å². The highest BCUT2D eigenvalue weighted by molar-refractivity contribution is 7.21. The Kier molecular flexibility index (Phi) is 3.39. The fourth-order valence-electron chi connectivity index (χ4n) is 1.94. The number of aliphatic imine (C=N–C) groups is 1. The van der Waals surface area contributed by atoms with Gasteiger partial charge in [-0.15, -0.1) is 11.3 Å². The molecule has 0 aliphatic carbocycles. The van der Waals surface area contributed by atoms with Crippen molar-refractivity contribution in [2.75, 3.05) is 7.11 Å². The van der Waals surface area contributed by atoms with E-state index in [-0.39, 0.29) is 0 Å². The van der Waals surface area contributed by atoms with Crippen LogP contribution >= 0.6 is 11.3 Å². The third-order valence-corrected chi connectivity index (χ3v) is 4.09. The molecule has 1 heterocycles. The van der Waals surface area contributed by atoms with E-state index in [4.69, 9.17) is 4.74 Å². The number of fused-ring (bicyclic) bond motifs is 1. The van der Waals surface area contributed by atoms with Gasteiger partial charge in [-0.05, 0) is 36.4 Å². The molecule has 3 nitrogen and oxygen atoms in total. The number of methoxy groups -OCH3 is 1. The van der Waals surface area contributed by atoms with Crippen LogP contribution in [-0.2, 0) is 0 Å². The van der Waals surface area contributed by atoms with E-state index in [0.717, 1.165) is 26.4 Å². The minimum absolute atomic E-state index is 0.294. The van der Waals surface area contributed by atoms with E-state index in [1.165, 1.54) is 11.3 Å². The summed E-state index contributed by atoms with van der Waals surface area (Å²) >= 11 is 1.53. The molecule has 0 aliphatic rings. The third-order valence-electron chi connectivity index (χ3n) is 3.00. The predicted molar refractivity (Wildman–Crippen MR) is 83.7 cm³/mol. The maximum absolute atomic E-state index is 10.1. The molecule has 3 rings (SSSR count). The molecule has 1 N–H and O–H groups in total. The van der Waals surface area contributed by atoms with E-state index < -0.39 is 0 Å². The van der Waals surface area contributed by atoms with Gasteiger partial charge in [-0.3, -0.25) is 4.99 Å². The first-order chi connectivity index (χ1) is 9.78. The van der Waals surface area contributed by atoms with Crippen molar-refractivity contribution in [1.82, 2.24) is 0 Å². The van der Waals surface area contributed by atoms with Crippen LogP contribution in [0.3, 0.4) is 0 Å². The van der Waals surface area contributed by atoms with E-state index in [1.54, 1.807) is 13.3 Å². The van der Waals surface area contributed by atoms with Crippen LogP contribution in [0.4, 0.5) is 5.69 Å². The fourth-order valence-corrected chi connectivity index (χ4v) is 2.91. The Hall–Kier alpha value is -2.33. The second kappa shape index (κ2) is 5.35. The zero-order chi connectivity index (χ0) is 13.9. The van der Waals surface area contributed by atoms with Gasteiger partial charge < -0.3 is 9.84 Å². The molecule has 1 aromatic heterocycles. The van der Waals surface area contributed by atoms with Crippen LogP contribution < -0.4 is 4.74 Å². The lowest BCUT2D eigenvalue weighted by Crippen LogP contribution is -1.80. The van der Waals surface area contributed by atoms with Crippen molar-refractivity contribution in [2.24, 2.45) is 4.99 Å². The van der Waals surface area contributed by atoms with Crippen LogP contribution in [0.2, 0.25) is 0 Å². The lowest BCUT2D eigenvalue weighted by Gasteiger charge is -1.98. The van der Waals surface area contributed by atoms with E-state index in [9.17, 15) is 5.11 Å². The van der Waals surface area contributed by atoms with Gasteiger partial charge in [0.05, 0.1) is 17.7 Å². The number of rotatable bonds is 3. The topological polar surface area (TPSA) is 41.8 Å². The van der Waals surface area contributed by atoms with Crippen LogP contribution in [0.5, 0.6) is 11.5 Å². The Morgan fingerprint density at radius 1 is 1.10 bits per heavy atom. The first-order valence-electron chi connectivity index (χ1n) is 6.16. The average molecular weight is 283 g/mol. The lowest BCUT2D eigenvalue weighted by atomic mass is 10.2. The Balaban J connectivity index is 1.91. The van der Waals surface area contributed by atoms with Crippen molar-refractivity contribution in [1.29, 1.82) is 0 Å². The standard InChI is InChI=1S/C16H13NO2S/c1-19-12-8-6-11(7-9-12)17-10-15-16(18)13-4-2-3-5-14(13)20-15/h2-10,18H,1H3. The normalized spacial score (nSPS) is 11.2. The van der Waals surface area contributed by atoms with Crippen molar-refractivity contribution < 1.29 is 9.84 Å². The van der Waals surface area contributed by atoms with Crippen molar-refractivity contribution >= 4 is 33.3 Å². The number of aromatic hydroxyl groups is 1. The molecule has 0 amide bonds. The monoisotopic (exact) mass is 283 g/mol. The summed E-state index contributed by atoms with van der Waals surface area (Å²) in [5.74, 6) is 1.09. The summed E-state index contributed by atoms with van der Waals surface area (Å²) in [6.07, 6.45) is 1.70. The number of benzene rings is 2. The second-order valence-corrected chi connectivity index (χ2v) is 5.35. The summed E-state index contributed by atoms with van der Waals surface area (Å²) in [6, 6.07) is 15.2. The van der Waals surface area contributed by atoms with E-state index in [2.05, 4.69) is 4.99 Å². The number of hydrogen-bond acceptors (Lipinski definition) is 4. The smallest absolute Gasteiger partial charge is 0.142 e. The fraction of sp³-hybridized carbons (Fsp3) is 0.0625. The highest BCUT2D eigenvalue weighted by Gasteiger charge is 2.08. The van der Waals surface area contributed by atoms with Crippen LogP contribution in [0.25, 0.3) is 10.1 Å². The Morgan fingerprint density at radius 2 is 1.85 bits per heavy atom. The number of nitrogens with zero attached hydrogens (tertiary/aromatic N) is 1. The first-order valence-corrected chi connectivity index (χ1v) is 6.98. The quantitative estimate of drug-likeness (QED) is 0.725. The van der Waals surface area contributed by atoms with Crippen LogP contribution in [0.15, 0.2) is 53.5 Å². The van der Waals surface area contributed by atoms with Crippen molar-refractivity contribution in [2.45, 2.75) is 0 Å². The van der Waals surface area contributed by atoms with Gasteiger partial charge >= 0.3 is 0 Å². The van der Waals surface area contributed by atoms with Gasteiger partial charge in [0.25, 0.3) is 0 Å². The molecule has 0 atom stereocenters. The number of thiophene rings is 1. The molecular weight excluding hydrogens is 270 g/mol. The summed E-state index contributed by atoms with van der Waals surface area (Å²) in [7, 11) is 1.63. The summed E-state index contributed by atoms with van der Waals surface area (Å²) in [5, 5.41) is 11.0. The van der Waals surface area contributed by atoms with Crippen molar-refractivity contribution in [3.05, 3.63) is 53.4 Å². The molecule has 0 saturated carbocycles. The van der Waals surface area contributed by atoms with Gasteiger partial charge in [0.15, 0.2) is 0 Å². The highest BCUT2D eigenvalue weighted by atomic mass is 32.1. The Morgan fingerprint density at radius 3 is 2.55 bits per heavy atom. The van der Waals surface area contributed by atoms with Crippen molar-refractivity contribution in [3.63, 3.8) is 0 Å². The largest absolute Gasteiger partial charge is 0.506 e. The molecule has 100 valence electrons. The minimum atomic E-state index is 0.294. The molecule has 3 aromatic rings. The molecule has 0 radical (unpaired) electrons. The Labute approximate surface area is 120 Å². The molecule has 2 aromatic carbocycles. The van der Waals surface area contributed by atoms with E-state index in [0.29, 0.717) is 5.75 Å². The second-order valence-electron chi connectivity index (χ2n) is 4.27. The van der Waals surface area contributed by atoms with E-state index >= 15 is 0 Å². The summed E-state index contributed by atoms with van der Waals surface area (Å²) in [4.78, 5) is 5.14. The molecule has 0 bridgehead atoms. The molecule has 0 saturated heterocycles. The van der Waals surface area contributed by atoms with Crippen molar-refractivity contribution in [3.8, 4) is 11.5 Å². The van der Waals surface area contributed by atoms with Gasteiger partial charge in [-0.1, -0.05) is 12.1 Å². The zero-order valence-corrected chi connectivity index (χ0v) is 11.7. The summed E-state index contributed by atoms with van der Waals surface area (Å²) in [5.41, 5.74) is 0.822. The van der Waals surface area contributed by atoms with Gasteiger partial charge in [0.2, 0.25) is 0 Å². The third kappa shape index (κ3) is 2.38. The average Bonchev–Trinajstić information content (AvgIpc) is 2.83. The Bertz CT molecular complexity index is 760. The minimum Gasteiger partial charge on any atom is -0.506 e. The molecule has 0 spiro atoms. The van der Waals surface area contributed by atoms with Gasteiger partial charge in [0.1, 0.15) is 11.5 Å². The number of hydrogen-bond donors (Lipinski definition) is 1. The highest BCUT2D eigenvalue weighted by Crippen LogP contribution is 2.35. The molecular formula is C16H13NO2S. The van der Waals surface area contributed by atoms with E-state index in [1.807, 2.05) is 48.5 Å². The zero-order valence-electron chi connectivity index (χ0n) is 10.9. The van der Waals surface area contributed by atoms with Crippen LogP contribution in [-0.4, -0.2) is 18.4 Å². The van der Waals surface area contributed by atoms with Gasteiger partial charge in [-0.25, -0.2) is 0 Å². The molecule has 0 unspecified atom stereocenters. The molecule has 0 fully saturated rings. The summed E-state index contributed by atoms with van der Waals surface area (Å²) < 4.78 is 6.16. The summed E-state index contributed by atoms with van der Waals surface area (Å²) in [6.45, 7) is 0. The molecule has 0 aliphatic heterocycles. The van der Waals surface area contributed by atoms with Crippen LogP contribution in [0.1, 0.15) is 4.88 Å². The maximum Gasteiger partial charge on any atom is 0.142 e. The maximum atomic E-state index is 10.1. The van der Waals surface area contributed by atoms with Gasteiger partial charge in [-0.2, -0.15) is 0 Å². The SMILES string of the molecule is COc1ccc(N=Cc2sc3ccccc3c2O)cc1. The first kappa shape index (κ1) is 12.7.